The lowest BCUT2D eigenvalue weighted by molar-refractivity contribution is 1.00. The SMILES string of the molecule is CC=c1[nH]c(=O)c(=Cc2ccccc2)[nH]c1=O. The highest BCUT2D eigenvalue weighted by Crippen LogP contribution is 1.96. The molecule has 0 saturated heterocycles. The molecule has 0 radical (unpaired) electrons. The van der Waals surface area contributed by atoms with Gasteiger partial charge in [0.2, 0.25) is 0 Å². The van der Waals surface area contributed by atoms with Gasteiger partial charge in [-0.2, -0.15) is 0 Å². The van der Waals surface area contributed by atoms with Gasteiger partial charge in [-0.1, -0.05) is 36.4 Å². The first kappa shape index (κ1) is 11.1. The largest absolute Gasteiger partial charge is 0.316 e. The number of nitrogens with one attached hydrogen (secondary N) is 2. The summed E-state index contributed by atoms with van der Waals surface area (Å²) in [5.74, 6) is 0. The quantitative estimate of drug-likeness (QED) is 0.703. The zero-order valence-corrected chi connectivity index (χ0v) is 9.36. The Morgan fingerprint density at radius 2 is 1.53 bits per heavy atom. The van der Waals surface area contributed by atoms with Gasteiger partial charge in [0.1, 0.15) is 10.7 Å². The second-order valence-corrected chi connectivity index (χ2v) is 3.58. The summed E-state index contributed by atoms with van der Waals surface area (Å²) in [5.41, 5.74) is 0.262. The van der Waals surface area contributed by atoms with E-state index >= 15 is 0 Å². The Morgan fingerprint density at radius 3 is 2.18 bits per heavy atom. The van der Waals surface area contributed by atoms with E-state index in [2.05, 4.69) is 9.97 Å². The van der Waals surface area contributed by atoms with Crippen molar-refractivity contribution >= 4 is 12.2 Å². The molecular weight excluding hydrogens is 216 g/mol. The van der Waals surface area contributed by atoms with E-state index in [-0.39, 0.29) is 21.8 Å². The average Bonchev–Trinajstić information content (AvgIpc) is 2.34. The third kappa shape index (κ3) is 2.42. The second kappa shape index (κ2) is 4.65. The van der Waals surface area contributed by atoms with Gasteiger partial charge in [0.05, 0.1) is 0 Å². The van der Waals surface area contributed by atoms with Crippen molar-refractivity contribution in [3.63, 3.8) is 0 Å². The molecule has 1 aromatic carbocycles. The van der Waals surface area contributed by atoms with E-state index < -0.39 is 0 Å². The standard InChI is InChI=1S/C13H12N2O2/c1-2-10-12(16)15-11(13(17)14-10)8-9-6-4-3-5-7-9/h2-8H,1H3,(H,14,17)(H,15,16). The highest BCUT2D eigenvalue weighted by molar-refractivity contribution is 5.47. The fourth-order valence-corrected chi connectivity index (χ4v) is 1.51. The molecule has 86 valence electrons. The van der Waals surface area contributed by atoms with Crippen molar-refractivity contribution < 1.29 is 0 Å². The first-order valence-electron chi connectivity index (χ1n) is 5.26. The van der Waals surface area contributed by atoms with Gasteiger partial charge in [0, 0.05) is 0 Å². The molecule has 2 rings (SSSR count). The van der Waals surface area contributed by atoms with Gasteiger partial charge in [0.15, 0.2) is 0 Å². The molecule has 0 unspecified atom stereocenters. The van der Waals surface area contributed by atoms with Crippen LogP contribution in [0.1, 0.15) is 12.5 Å². The van der Waals surface area contributed by atoms with E-state index in [1.807, 2.05) is 30.3 Å². The van der Waals surface area contributed by atoms with Crippen LogP contribution in [-0.2, 0) is 0 Å². The molecule has 2 N–H and O–H groups in total. The lowest BCUT2D eigenvalue weighted by Crippen LogP contribution is -2.46. The van der Waals surface area contributed by atoms with Gasteiger partial charge < -0.3 is 9.97 Å². The third-order valence-corrected chi connectivity index (χ3v) is 2.38. The molecule has 0 aliphatic rings. The van der Waals surface area contributed by atoms with Crippen molar-refractivity contribution in [1.82, 2.24) is 9.97 Å². The van der Waals surface area contributed by atoms with Crippen molar-refractivity contribution in [3.8, 4) is 0 Å². The van der Waals surface area contributed by atoms with Crippen LogP contribution >= 0.6 is 0 Å². The van der Waals surface area contributed by atoms with Crippen LogP contribution in [0.2, 0.25) is 0 Å². The average molecular weight is 228 g/mol. The molecule has 0 amide bonds. The fraction of sp³-hybridized carbons (Fsp3) is 0.0769. The number of benzene rings is 1. The van der Waals surface area contributed by atoms with Crippen LogP contribution in [0, 0.1) is 0 Å². The second-order valence-electron chi connectivity index (χ2n) is 3.58. The summed E-state index contributed by atoms with van der Waals surface area (Å²) in [4.78, 5) is 28.3. The van der Waals surface area contributed by atoms with Crippen LogP contribution in [0.15, 0.2) is 39.9 Å². The third-order valence-electron chi connectivity index (χ3n) is 2.38. The number of aromatic nitrogens is 2. The van der Waals surface area contributed by atoms with Gasteiger partial charge in [-0.25, -0.2) is 0 Å². The zero-order chi connectivity index (χ0) is 12.3. The lowest BCUT2D eigenvalue weighted by Gasteiger charge is -1.91. The maximum Gasteiger partial charge on any atom is 0.272 e. The Labute approximate surface area is 97.0 Å². The summed E-state index contributed by atoms with van der Waals surface area (Å²) in [7, 11) is 0. The molecule has 4 heteroatoms. The zero-order valence-electron chi connectivity index (χ0n) is 9.36. The maximum atomic E-state index is 11.7. The Kier molecular flexibility index (Phi) is 3.05. The first-order valence-corrected chi connectivity index (χ1v) is 5.26. The molecule has 17 heavy (non-hydrogen) atoms. The molecule has 0 aliphatic carbocycles. The Morgan fingerprint density at radius 1 is 0.941 bits per heavy atom. The number of rotatable bonds is 1. The molecule has 1 aromatic heterocycles. The first-order chi connectivity index (χ1) is 8.20. The van der Waals surface area contributed by atoms with Crippen molar-refractivity contribution in [1.29, 1.82) is 0 Å². The number of H-pyrrole nitrogens is 2. The minimum Gasteiger partial charge on any atom is -0.316 e. The minimum atomic E-state index is -0.304. The fourth-order valence-electron chi connectivity index (χ4n) is 1.51. The van der Waals surface area contributed by atoms with Gasteiger partial charge in [0.25, 0.3) is 11.1 Å². The Bertz CT molecular complexity index is 739. The van der Waals surface area contributed by atoms with E-state index in [0.29, 0.717) is 0 Å². The number of hydrogen-bond acceptors (Lipinski definition) is 2. The molecule has 4 nitrogen and oxygen atoms in total. The molecule has 1 heterocycles. The summed E-state index contributed by atoms with van der Waals surface area (Å²) in [6, 6.07) is 9.34. The van der Waals surface area contributed by atoms with Crippen LogP contribution < -0.4 is 21.8 Å². The van der Waals surface area contributed by atoms with E-state index in [1.54, 1.807) is 19.1 Å². The normalized spacial score (nSPS) is 13.0. The summed E-state index contributed by atoms with van der Waals surface area (Å²) in [6.45, 7) is 1.70. The predicted octanol–water partition coefficient (Wildman–Crippen LogP) is -0.308. The molecule has 0 bridgehead atoms. The minimum absolute atomic E-state index is 0.256. The van der Waals surface area contributed by atoms with Crippen LogP contribution in [0.3, 0.4) is 0 Å². The number of hydrogen-bond donors (Lipinski definition) is 2. The lowest BCUT2D eigenvalue weighted by atomic mass is 10.2. The molecule has 0 atom stereocenters. The Balaban J connectivity index is 2.71. The molecule has 0 saturated carbocycles. The van der Waals surface area contributed by atoms with Crippen LogP contribution in [0.5, 0.6) is 0 Å². The van der Waals surface area contributed by atoms with Crippen LogP contribution in [0.4, 0.5) is 0 Å². The van der Waals surface area contributed by atoms with Crippen LogP contribution in [-0.4, -0.2) is 9.97 Å². The van der Waals surface area contributed by atoms with Crippen molar-refractivity contribution in [2.24, 2.45) is 0 Å². The summed E-state index contributed by atoms with van der Waals surface area (Å²) in [6.07, 6.45) is 3.20. The molecule has 0 spiro atoms. The molecule has 0 aliphatic heterocycles. The predicted molar refractivity (Wildman–Crippen MR) is 67.1 cm³/mol. The van der Waals surface area contributed by atoms with Gasteiger partial charge >= 0.3 is 0 Å². The van der Waals surface area contributed by atoms with E-state index in [0.717, 1.165) is 5.56 Å². The topological polar surface area (TPSA) is 65.7 Å². The van der Waals surface area contributed by atoms with Crippen molar-refractivity contribution in [2.45, 2.75) is 6.92 Å². The van der Waals surface area contributed by atoms with E-state index in [4.69, 9.17) is 0 Å². The Hall–Kier alpha value is -2.36. The van der Waals surface area contributed by atoms with Gasteiger partial charge in [-0.15, -0.1) is 0 Å². The van der Waals surface area contributed by atoms with E-state index in [1.165, 1.54) is 0 Å². The van der Waals surface area contributed by atoms with Gasteiger partial charge in [-0.05, 0) is 18.6 Å². The summed E-state index contributed by atoms with van der Waals surface area (Å²) >= 11 is 0. The van der Waals surface area contributed by atoms with Crippen molar-refractivity contribution in [3.05, 3.63) is 67.3 Å². The van der Waals surface area contributed by atoms with E-state index in [9.17, 15) is 9.59 Å². The smallest absolute Gasteiger partial charge is 0.272 e. The van der Waals surface area contributed by atoms with Crippen molar-refractivity contribution in [2.75, 3.05) is 0 Å². The summed E-state index contributed by atoms with van der Waals surface area (Å²) < 4.78 is 0. The van der Waals surface area contributed by atoms with Crippen LogP contribution in [0.25, 0.3) is 12.2 Å². The molecular formula is C13H12N2O2. The maximum absolute atomic E-state index is 11.7. The highest BCUT2D eigenvalue weighted by atomic mass is 16.1. The molecule has 0 fully saturated rings. The molecule has 2 aromatic rings. The highest BCUT2D eigenvalue weighted by Gasteiger charge is 1.94. The summed E-state index contributed by atoms with van der Waals surface area (Å²) in [5, 5.41) is 0.534. The number of aromatic amines is 2. The van der Waals surface area contributed by atoms with Gasteiger partial charge in [-0.3, -0.25) is 9.59 Å². The monoisotopic (exact) mass is 228 g/mol.